The number of piperidine rings is 1. The Morgan fingerprint density at radius 2 is 1.64 bits per heavy atom. The van der Waals surface area contributed by atoms with Gasteiger partial charge in [0.2, 0.25) is 11.8 Å². The average molecular weight is 394 g/mol. The second-order valence-corrected chi connectivity index (χ2v) is 8.89. The van der Waals surface area contributed by atoms with Gasteiger partial charge in [0.25, 0.3) is 0 Å². The number of likely N-dealkylation sites (tertiary alicyclic amines) is 1. The van der Waals surface area contributed by atoms with E-state index in [0.29, 0.717) is 12.8 Å². The van der Waals surface area contributed by atoms with Crippen molar-refractivity contribution in [2.75, 3.05) is 19.6 Å². The summed E-state index contributed by atoms with van der Waals surface area (Å²) in [6.45, 7) is 2.32. The number of unbranched alkanes of at least 4 members (excludes halogenated alkanes) is 3. The number of carbonyl (C=O) groups is 2. The molecule has 0 aromatic heterocycles. The molecular formula is C23H43N3O2. The lowest BCUT2D eigenvalue weighted by atomic mass is 9.85. The molecule has 1 aliphatic carbocycles. The number of hydrogen-bond acceptors (Lipinski definition) is 3. The van der Waals surface area contributed by atoms with Crippen molar-refractivity contribution in [2.24, 2.45) is 11.7 Å². The van der Waals surface area contributed by atoms with Crippen molar-refractivity contribution in [1.29, 1.82) is 0 Å². The van der Waals surface area contributed by atoms with E-state index >= 15 is 0 Å². The van der Waals surface area contributed by atoms with Crippen LogP contribution in [0.5, 0.6) is 0 Å². The summed E-state index contributed by atoms with van der Waals surface area (Å²) in [7, 11) is 0. The largest absolute Gasteiger partial charge is 0.356 e. The second kappa shape index (κ2) is 14.0. The second-order valence-electron chi connectivity index (χ2n) is 8.89. The Kier molecular flexibility index (Phi) is 11.6. The van der Waals surface area contributed by atoms with Gasteiger partial charge in [-0.1, -0.05) is 44.9 Å². The van der Waals surface area contributed by atoms with Gasteiger partial charge in [0.15, 0.2) is 0 Å². The van der Waals surface area contributed by atoms with Crippen molar-refractivity contribution in [3.63, 3.8) is 0 Å². The molecule has 1 unspecified atom stereocenters. The summed E-state index contributed by atoms with van der Waals surface area (Å²) in [6.07, 6.45) is 17.7. The van der Waals surface area contributed by atoms with Crippen LogP contribution >= 0.6 is 0 Å². The first-order valence-electron chi connectivity index (χ1n) is 12.0. The van der Waals surface area contributed by atoms with Crippen LogP contribution in [0, 0.1) is 5.92 Å². The van der Waals surface area contributed by atoms with Crippen molar-refractivity contribution in [3.8, 4) is 0 Å². The monoisotopic (exact) mass is 393 g/mol. The molecule has 0 radical (unpaired) electrons. The molecular weight excluding hydrogens is 350 g/mol. The zero-order chi connectivity index (χ0) is 20.0. The fourth-order valence-corrected chi connectivity index (χ4v) is 4.84. The Hall–Kier alpha value is -1.10. The number of amides is 2. The Balaban J connectivity index is 1.65. The van der Waals surface area contributed by atoms with Crippen LogP contribution in [0.1, 0.15) is 103 Å². The summed E-state index contributed by atoms with van der Waals surface area (Å²) < 4.78 is 0. The first-order chi connectivity index (χ1) is 13.7. The normalized spacial score (nSPS) is 20.9. The number of rotatable bonds is 12. The maximum absolute atomic E-state index is 12.8. The lowest BCUT2D eigenvalue weighted by Crippen LogP contribution is -2.46. The smallest absolute Gasteiger partial charge is 0.222 e. The predicted molar refractivity (Wildman–Crippen MR) is 115 cm³/mol. The molecule has 2 rings (SSSR count). The molecule has 5 nitrogen and oxygen atoms in total. The Labute approximate surface area is 172 Å². The summed E-state index contributed by atoms with van der Waals surface area (Å²) in [5.74, 6) is 1.22. The summed E-state index contributed by atoms with van der Waals surface area (Å²) >= 11 is 0. The first-order valence-corrected chi connectivity index (χ1v) is 12.0. The number of nitrogens with one attached hydrogen (secondary N) is 1. The minimum Gasteiger partial charge on any atom is -0.356 e. The predicted octanol–water partition coefficient (Wildman–Crippen LogP) is 4.14. The summed E-state index contributed by atoms with van der Waals surface area (Å²) in [6, 6.07) is 0.105. The van der Waals surface area contributed by atoms with Gasteiger partial charge < -0.3 is 16.0 Å². The van der Waals surface area contributed by atoms with Gasteiger partial charge in [-0.2, -0.15) is 0 Å². The maximum atomic E-state index is 12.8. The van der Waals surface area contributed by atoms with E-state index in [1.165, 1.54) is 38.5 Å². The van der Waals surface area contributed by atoms with E-state index in [1.54, 1.807) is 0 Å². The summed E-state index contributed by atoms with van der Waals surface area (Å²) in [5.41, 5.74) is 5.50. The maximum Gasteiger partial charge on any atom is 0.222 e. The third-order valence-corrected chi connectivity index (χ3v) is 6.55. The van der Waals surface area contributed by atoms with Gasteiger partial charge in [-0.25, -0.2) is 0 Å². The Morgan fingerprint density at radius 3 is 2.43 bits per heavy atom. The van der Waals surface area contributed by atoms with Crippen LogP contribution in [0.3, 0.4) is 0 Å². The quantitative estimate of drug-likeness (QED) is 0.489. The molecule has 1 aliphatic heterocycles. The van der Waals surface area contributed by atoms with Gasteiger partial charge in [0.1, 0.15) is 0 Å². The zero-order valence-electron chi connectivity index (χ0n) is 17.9. The van der Waals surface area contributed by atoms with Crippen LogP contribution in [0.2, 0.25) is 0 Å². The molecule has 5 heteroatoms. The SMILES string of the molecule is NCCCCCCNC(=O)CC1CCCCN1C(=O)CCCC1CCCCC1. The molecule has 0 aromatic carbocycles. The van der Waals surface area contributed by atoms with Gasteiger partial charge in [-0.15, -0.1) is 0 Å². The van der Waals surface area contributed by atoms with Crippen molar-refractivity contribution in [3.05, 3.63) is 0 Å². The highest BCUT2D eigenvalue weighted by Crippen LogP contribution is 2.28. The number of nitrogens with two attached hydrogens (primary N) is 1. The number of carbonyl (C=O) groups excluding carboxylic acids is 2. The van der Waals surface area contributed by atoms with Crippen LogP contribution in [0.25, 0.3) is 0 Å². The highest BCUT2D eigenvalue weighted by Gasteiger charge is 2.28. The molecule has 1 atom stereocenters. The van der Waals surface area contributed by atoms with Crippen LogP contribution in [-0.4, -0.2) is 42.4 Å². The molecule has 0 bridgehead atoms. The Bertz CT molecular complexity index is 449. The van der Waals surface area contributed by atoms with Crippen molar-refractivity contribution < 1.29 is 9.59 Å². The number of nitrogens with zero attached hydrogens (tertiary/aromatic N) is 1. The summed E-state index contributed by atoms with van der Waals surface area (Å²) in [4.78, 5) is 27.1. The van der Waals surface area contributed by atoms with E-state index in [4.69, 9.17) is 5.73 Å². The van der Waals surface area contributed by atoms with E-state index in [-0.39, 0.29) is 17.9 Å². The number of hydrogen-bond donors (Lipinski definition) is 2. The van der Waals surface area contributed by atoms with Gasteiger partial charge >= 0.3 is 0 Å². The standard InChI is InChI=1S/C23H43N3O2/c24-16-7-1-2-8-17-25-22(27)19-21-14-6-9-18-26(21)23(28)15-10-13-20-11-4-3-5-12-20/h20-21H,1-19,24H2,(H,25,27). The molecule has 0 aromatic rings. The molecule has 2 aliphatic rings. The summed E-state index contributed by atoms with van der Waals surface area (Å²) in [5, 5.41) is 3.04. The van der Waals surface area contributed by atoms with Crippen LogP contribution in [0.15, 0.2) is 0 Å². The van der Waals surface area contributed by atoms with Crippen molar-refractivity contribution >= 4 is 11.8 Å². The van der Waals surface area contributed by atoms with E-state index in [2.05, 4.69) is 5.32 Å². The lowest BCUT2D eigenvalue weighted by molar-refractivity contribution is -0.136. The third-order valence-electron chi connectivity index (χ3n) is 6.55. The zero-order valence-corrected chi connectivity index (χ0v) is 17.9. The molecule has 28 heavy (non-hydrogen) atoms. The molecule has 1 saturated heterocycles. The first kappa shape index (κ1) is 23.2. The van der Waals surface area contributed by atoms with Crippen molar-refractivity contribution in [2.45, 2.75) is 109 Å². The molecule has 162 valence electrons. The van der Waals surface area contributed by atoms with Crippen LogP contribution in [0.4, 0.5) is 0 Å². The average Bonchev–Trinajstić information content (AvgIpc) is 2.71. The molecule has 2 amide bonds. The van der Waals surface area contributed by atoms with E-state index in [1.807, 2.05) is 4.90 Å². The van der Waals surface area contributed by atoms with Crippen LogP contribution in [-0.2, 0) is 9.59 Å². The van der Waals surface area contributed by atoms with Gasteiger partial charge in [-0.05, 0) is 57.4 Å². The minimum atomic E-state index is 0.103. The molecule has 3 N–H and O–H groups in total. The minimum absolute atomic E-state index is 0.103. The van der Waals surface area contributed by atoms with Gasteiger partial charge in [-0.3, -0.25) is 9.59 Å². The lowest BCUT2D eigenvalue weighted by Gasteiger charge is -2.35. The van der Waals surface area contributed by atoms with Crippen molar-refractivity contribution in [1.82, 2.24) is 10.2 Å². The molecule has 1 heterocycles. The highest BCUT2D eigenvalue weighted by atomic mass is 16.2. The fourth-order valence-electron chi connectivity index (χ4n) is 4.84. The topological polar surface area (TPSA) is 75.4 Å². The molecule has 0 spiro atoms. The molecule has 1 saturated carbocycles. The van der Waals surface area contributed by atoms with E-state index in [0.717, 1.165) is 76.9 Å². The third kappa shape index (κ3) is 8.93. The van der Waals surface area contributed by atoms with Gasteiger partial charge in [0, 0.05) is 32.0 Å². The van der Waals surface area contributed by atoms with Gasteiger partial charge in [0.05, 0.1) is 0 Å². The van der Waals surface area contributed by atoms with E-state index in [9.17, 15) is 9.59 Å². The highest BCUT2D eigenvalue weighted by molar-refractivity contribution is 5.80. The van der Waals surface area contributed by atoms with E-state index < -0.39 is 0 Å². The fraction of sp³-hybridized carbons (Fsp3) is 0.913. The Morgan fingerprint density at radius 1 is 0.893 bits per heavy atom. The van der Waals surface area contributed by atoms with Crippen LogP contribution < -0.4 is 11.1 Å². The molecule has 2 fully saturated rings.